The van der Waals surface area contributed by atoms with E-state index in [1.165, 1.54) is 0 Å². The summed E-state index contributed by atoms with van der Waals surface area (Å²) in [6.07, 6.45) is 0. The minimum Gasteiger partial charge on any atom is -0.497 e. The molecule has 28 heavy (non-hydrogen) atoms. The van der Waals surface area contributed by atoms with Crippen molar-refractivity contribution >= 4 is 17.3 Å². The maximum atomic E-state index is 12.6. The summed E-state index contributed by atoms with van der Waals surface area (Å²) in [5, 5.41) is 3.01. The van der Waals surface area contributed by atoms with Gasteiger partial charge in [-0.05, 0) is 55.9 Å². The minimum absolute atomic E-state index is 0.0236. The van der Waals surface area contributed by atoms with Crippen LogP contribution in [0.15, 0.2) is 48.5 Å². The number of likely N-dealkylation sites (N-methyl/N-ethyl adjacent to an activating group) is 1. The topological polar surface area (TPSA) is 54.0 Å². The van der Waals surface area contributed by atoms with Gasteiger partial charge in [0, 0.05) is 31.0 Å². The number of morpholine rings is 1. The maximum Gasteiger partial charge on any atom is 0.241 e. The van der Waals surface area contributed by atoms with E-state index in [0.29, 0.717) is 6.54 Å². The molecule has 2 aromatic rings. The molecule has 0 bridgehead atoms. The van der Waals surface area contributed by atoms with E-state index < -0.39 is 0 Å². The number of carbonyl (C=O) groups excluding carboxylic acids is 1. The number of nitrogens with zero attached hydrogens (tertiary/aromatic N) is 2. The highest BCUT2D eigenvalue weighted by Gasteiger charge is 2.19. The first-order chi connectivity index (χ1) is 13.6. The van der Waals surface area contributed by atoms with Gasteiger partial charge < -0.3 is 19.7 Å². The summed E-state index contributed by atoms with van der Waals surface area (Å²) in [5.74, 6) is 0.799. The highest BCUT2D eigenvalue weighted by molar-refractivity contribution is 5.94. The number of hydrogen-bond donors (Lipinski definition) is 1. The average Bonchev–Trinajstić information content (AvgIpc) is 2.74. The SMILES string of the molecule is COc1cccc(CN(C)C(C)C(=O)Nc2ccc(N3CCOCC3)cc2)c1. The molecule has 6 heteroatoms. The van der Waals surface area contributed by atoms with E-state index in [1.807, 2.05) is 67.4 Å². The largest absolute Gasteiger partial charge is 0.497 e. The van der Waals surface area contributed by atoms with E-state index in [0.717, 1.165) is 49.0 Å². The van der Waals surface area contributed by atoms with Crippen molar-refractivity contribution in [2.75, 3.05) is 50.7 Å². The zero-order valence-corrected chi connectivity index (χ0v) is 16.9. The lowest BCUT2D eigenvalue weighted by Crippen LogP contribution is -2.39. The monoisotopic (exact) mass is 383 g/mol. The molecule has 0 aromatic heterocycles. The normalized spacial score (nSPS) is 15.4. The van der Waals surface area contributed by atoms with E-state index >= 15 is 0 Å². The minimum atomic E-state index is -0.259. The smallest absolute Gasteiger partial charge is 0.241 e. The average molecular weight is 383 g/mol. The molecule has 1 N–H and O–H groups in total. The van der Waals surface area contributed by atoms with Crippen molar-refractivity contribution in [2.45, 2.75) is 19.5 Å². The Morgan fingerprint density at radius 1 is 1.21 bits per heavy atom. The van der Waals surface area contributed by atoms with Crippen molar-refractivity contribution < 1.29 is 14.3 Å². The van der Waals surface area contributed by atoms with Gasteiger partial charge in [0.05, 0.1) is 26.4 Å². The Bertz CT molecular complexity index is 773. The summed E-state index contributed by atoms with van der Waals surface area (Å²) < 4.78 is 10.7. The van der Waals surface area contributed by atoms with Gasteiger partial charge in [-0.15, -0.1) is 0 Å². The molecule has 1 amide bonds. The number of amides is 1. The second kappa shape index (κ2) is 9.57. The van der Waals surface area contributed by atoms with Gasteiger partial charge in [0.1, 0.15) is 5.75 Å². The molecule has 1 atom stereocenters. The number of nitrogens with one attached hydrogen (secondary N) is 1. The van der Waals surface area contributed by atoms with Crippen molar-refractivity contribution in [2.24, 2.45) is 0 Å². The Labute approximate surface area is 167 Å². The fraction of sp³-hybridized carbons (Fsp3) is 0.409. The lowest BCUT2D eigenvalue weighted by molar-refractivity contribution is -0.120. The Balaban J connectivity index is 1.55. The first-order valence-electron chi connectivity index (χ1n) is 9.63. The molecule has 0 saturated carbocycles. The van der Waals surface area contributed by atoms with E-state index in [-0.39, 0.29) is 11.9 Å². The van der Waals surface area contributed by atoms with Crippen LogP contribution in [0.4, 0.5) is 11.4 Å². The van der Waals surface area contributed by atoms with E-state index in [2.05, 4.69) is 10.2 Å². The third-order valence-corrected chi connectivity index (χ3v) is 5.12. The van der Waals surface area contributed by atoms with Crippen LogP contribution in [0, 0.1) is 0 Å². The number of hydrogen-bond acceptors (Lipinski definition) is 5. The third-order valence-electron chi connectivity index (χ3n) is 5.12. The van der Waals surface area contributed by atoms with Crippen molar-refractivity contribution in [1.82, 2.24) is 4.90 Å². The highest BCUT2D eigenvalue weighted by atomic mass is 16.5. The molecule has 6 nitrogen and oxygen atoms in total. The molecular weight excluding hydrogens is 354 g/mol. The Hall–Kier alpha value is -2.57. The third kappa shape index (κ3) is 5.24. The summed E-state index contributed by atoms with van der Waals surface area (Å²) in [4.78, 5) is 17.0. The van der Waals surface area contributed by atoms with Gasteiger partial charge in [0.15, 0.2) is 0 Å². The van der Waals surface area contributed by atoms with Crippen molar-refractivity contribution in [1.29, 1.82) is 0 Å². The summed E-state index contributed by atoms with van der Waals surface area (Å²) >= 11 is 0. The number of rotatable bonds is 7. The van der Waals surface area contributed by atoms with Crippen LogP contribution in [0.1, 0.15) is 12.5 Å². The number of carbonyl (C=O) groups is 1. The standard InChI is InChI=1S/C22H29N3O3/c1-17(24(2)16-18-5-4-6-21(15-18)27-3)22(26)23-19-7-9-20(10-8-19)25-11-13-28-14-12-25/h4-10,15,17H,11-14,16H2,1-3H3,(H,23,26). The van der Waals surface area contributed by atoms with Crippen LogP contribution in [0.25, 0.3) is 0 Å². The second-order valence-electron chi connectivity index (χ2n) is 7.08. The number of methoxy groups -OCH3 is 1. The summed E-state index contributed by atoms with van der Waals surface area (Å²) in [5.41, 5.74) is 3.07. The molecule has 1 aliphatic rings. The number of anilines is 2. The zero-order chi connectivity index (χ0) is 19.9. The van der Waals surface area contributed by atoms with Crippen LogP contribution in [-0.2, 0) is 16.1 Å². The maximum absolute atomic E-state index is 12.6. The molecule has 150 valence electrons. The van der Waals surface area contributed by atoms with Crippen LogP contribution in [0.5, 0.6) is 5.75 Å². The molecule has 0 aliphatic carbocycles. The van der Waals surface area contributed by atoms with Crippen molar-refractivity contribution in [3.8, 4) is 5.75 Å². The molecule has 1 saturated heterocycles. The molecule has 1 aliphatic heterocycles. The van der Waals surface area contributed by atoms with Gasteiger partial charge in [-0.25, -0.2) is 0 Å². The highest BCUT2D eigenvalue weighted by Crippen LogP contribution is 2.20. The molecule has 1 heterocycles. The Kier molecular flexibility index (Phi) is 6.90. The molecule has 0 spiro atoms. The lowest BCUT2D eigenvalue weighted by atomic mass is 10.1. The first kappa shape index (κ1) is 20.2. The van der Waals surface area contributed by atoms with Gasteiger partial charge in [-0.1, -0.05) is 12.1 Å². The zero-order valence-electron chi connectivity index (χ0n) is 16.9. The first-order valence-corrected chi connectivity index (χ1v) is 9.63. The van der Waals surface area contributed by atoms with E-state index in [1.54, 1.807) is 7.11 Å². The predicted octanol–water partition coefficient (Wildman–Crippen LogP) is 2.99. The summed E-state index contributed by atoms with van der Waals surface area (Å²) in [7, 11) is 3.61. The van der Waals surface area contributed by atoms with Crippen LogP contribution in [0.3, 0.4) is 0 Å². The molecule has 3 rings (SSSR count). The summed E-state index contributed by atoms with van der Waals surface area (Å²) in [6.45, 7) is 5.90. The fourth-order valence-electron chi connectivity index (χ4n) is 3.22. The quantitative estimate of drug-likeness (QED) is 0.797. The van der Waals surface area contributed by atoms with Gasteiger partial charge in [-0.2, -0.15) is 0 Å². The molecule has 0 radical (unpaired) electrons. The molecule has 2 aromatic carbocycles. The Morgan fingerprint density at radius 2 is 1.93 bits per heavy atom. The predicted molar refractivity (Wildman–Crippen MR) is 112 cm³/mol. The molecule has 1 fully saturated rings. The van der Waals surface area contributed by atoms with Gasteiger partial charge in [-0.3, -0.25) is 9.69 Å². The lowest BCUT2D eigenvalue weighted by Gasteiger charge is -2.29. The summed E-state index contributed by atoms with van der Waals surface area (Å²) in [6, 6.07) is 15.7. The Morgan fingerprint density at radius 3 is 2.61 bits per heavy atom. The fourth-order valence-corrected chi connectivity index (χ4v) is 3.22. The van der Waals surface area contributed by atoms with Gasteiger partial charge in [0.2, 0.25) is 5.91 Å². The van der Waals surface area contributed by atoms with Crippen LogP contribution in [-0.4, -0.2) is 57.3 Å². The molecule has 1 unspecified atom stereocenters. The number of benzene rings is 2. The van der Waals surface area contributed by atoms with Crippen LogP contribution in [0.2, 0.25) is 0 Å². The van der Waals surface area contributed by atoms with Gasteiger partial charge >= 0.3 is 0 Å². The van der Waals surface area contributed by atoms with Gasteiger partial charge in [0.25, 0.3) is 0 Å². The van der Waals surface area contributed by atoms with E-state index in [4.69, 9.17) is 9.47 Å². The van der Waals surface area contributed by atoms with Crippen LogP contribution < -0.4 is 15.0 Å². The van der Waals surface area contributed by atoms with Crippen molar-refractivity contribution in [3.05, 3.63) is 54.1 Å². The second-order valence-corrected chi connectivity index (χ2v) is 7.08. The van der Waals surface area contributed by atoms with Crippen molar-refractivity contribution in [3.63, 3.8) is 0 Å². The van der Waals surface area contributed by atoms with E-state index in [9.17, 15) is 4.79 Å². The van der Waals surface area contributed by atoms with Crippen LogP contribution >= 0.6 is 0 Å². The molecular formula is C22H29N3O3. The number of ether oxygens (including phenoxy) is 2.